The quantitative estimate of drug-likeness (QED) is 0.322. The molecule has 6 aromatic rings. The highest BCUT2D eigenvalue weighted by molar-refractivity contribution is 7.14. The molecule has 1 aliphatic rings. The summed E-state index contributed by atoms with van der Waals surface area (Å²) in [5, 5.41) is 9.56. The minimum atomic E-state index is -0.192. The van der Waals surface area contributed by atoms with E-state index in [0.29, 0.717) is 0 Å². The molecule has 0 aliphatic carbocycles. The normalized spacial score (nSPS) is 14.2. The Morgan fingerprint density at radius 3 is 2.74 bits per heavy atom. The second-order valence-electron chi connectivity index (χ2n) is 8.81. The summed E-state index contributed by atoms with van der Waals surface area (Å²) >= 11 is 1.15. The first-order chi connectivity index (χ1) is 17.1. The van der Waals surface area contributed by atoms with Crippen LogP contribution in [0.25, 0.3) is 54.9 Å². The van der Waals surface area contributed by atoms with Gasteiger partial charge in [0.25, 0.3) is 0 Å². The van der Waals surface area contributed by atoms with Gasteiger partial charge in [0.15, 0.2) is 5.13 Å². The zero-order valence-corrected chi connectivity index (χ0v) is 19.3. The fourth-order valence-corrected chi connectivity index (χ4v) is 5.45. The van der Waals surface area contributed by atoms with Crippen molar-refractivity contribution in [2.75, 3.05) is 18.0 Å². The lowest BCUT2D eigenvalue weighted by atomic mass is 10.1. The van der Waals surface area contributed by atoms with Crippen LogP contribution >= 0.6 is 11.3 Å². The summed E-state index contributed by atoms with van der Waals surface area (Å²) in [5.41, 5.74) is 12.3. The standard InChI is InChI=1S/C26H20FN7S/c27-24-7-6-23(35-24)16-2-1-3-19-17(16)9-21(30-19)26-18-8-14(4-5-20(18)32-33-26)22-10-29-11-25(31-22)34-12-15(28)13-34/h1-11,15,30H,12-13,28H2,(H,32,33). The molecule has 9 heteroatoms. The minimum Gasteiger partial charge on any atom is -0.353 e. The molecular formula is C26H20FN7S. The summed E-state index contributed by atoms with van der Waals surface area (Å²) < 4.78 is 13.7. The topological polar surface area (TPSA) is 99.5 Å². The molecule has 0 radical (unpaired) electrons. The molecule has 2 aromatic carbocycles. The lowest BCUT2D eigenvalue weighted by molar-refractivity contribution is 0.514. The summed E-state index contributed by atoms with van der Waals surface area (Å²) in [4.78, 5) is 15.7. The summed E-state index contributed by atoms with van der Waals surface area (Å²) in [6.07, 6.45) is 3.55. The van der Waals surface area contributed by atoms with Gasteiger partial charge in [-0.25, -0.2) is 4.98 Å². The van der Waals surface area contributed by atoms with Gasteiger partial charge < -0.3 is 15.6 Å². The maximum absolute atomic E-state index is 13.7. The fraction of sp³-hybridized carbons (Fsp3) is 0.115. The SMILES string of the molecule is NC1CN(c2cncc(-c3ccc4[nH]nc(-c5cc6c(-c7ccc(F)s7)cccc6[nH]5)c4c3)n2)C1. The number of thiophene rings is 1. The van der Waals surface area contributed by atoms with Crippen LogP contribution in [0.5, 0.6) is 0 Å². The van der Waals surface area contributed by atoms with Crippen LogP contribution in [0.3, 0.4) is 0 Å². The number of anilines is 1. The molecule has 172 valence electrons. The second-order valence-corrected chi connectivity index (χ2v) is 9.85. The second kappa shape index (κ2) is 7.72. The fourth-order valence-electron chi connectivity index (χ4n) is 4.68. The van der Waals surface area contributed by atoms with Gasteiger partial charge in [-0.1, -0.05) is 18.2 Å². The largest absolute Gasteiger partial charge is 0.353 e. The van der Waals surface area contributed by atoms with Crippen molar-refractivity contribution in [1.29, 1.82) is 0 Å². The molecule has 4 N–H and O–H groups in total. The molecule has 4 aromatic heterocycles. The third kappa shape index (κ3) is 3.39. The van der Waals surface area contributed by atoms with E-state index in [2.05, 4.69) is 37.2 Å². The summed E-state index contributed by atoms with van der Waals surface area (Å²) in [6.45, 7) is 1.59. The van der Waals surface area contributed by atoms with Crippen LogP contribution < -0.4 is 10.6 Å². The lowest BCUT2D eigenvalue weighted by Crippen LogP contribution is -2.56. The maximum atomic E-state index is 13.7. The van der Waals surface area contributed by atoms with E-state index in [1.807, 2.05) is 36.4 Å². The predicted octanol–water partition coefficient (Wildman–Crippen LogP) is 5.18. The van der Waals surface area contributed by atoms with E-state index in [0.717, 1.165) is 85.1 Å². The molecular weight excluding hydrogens is 461 g/mol. The minimum absolute atomic E-state index is 0.192. The van der Waals surface area contributed by atoms with Crippen LogP contribution in [0.2, 0.25) is 0 Å². The smallest absolute Gasteiger partial charge is 0.176 e. The Hall–Kier alpha value is -4.08. The Labute approximate surface area is 203 Å². The van der Waals surface area contributed by atoms with Crippen molar-refractivity contribution < 1.29 is 4.39 Å². The Balaban J connectivity index is 1.31. The number of hydrogen-bond acceptors (Lipinski definition) is 6. The van der Waals surface area contributed by atoms with Gasteiger partial charge in [-0.05, 0) is 36.4 Å². The van der Waals surface area contributed by atoms with Crippen LogP contribution in [-0.4, -0.2) is 44.3 Å². The third-order valence-electron chi connectivity index (χ3n) is 6.47. The van der Waals surface area contributed by atoms with Crippen molar-refractivity contribution in [3.05, 3.63) is 72.1 Å². The summed E-state index contributed by atoms with van der Waals surface area (Å²) in [5.74, 6) is 0.838. The molecule has 35 heavy (non-hydrogen) atoms. The van der Waals surface area contributed by atoms with Crippen LogP contribution in [0.4, 0.5) is 10.2 Å². The van der Waals surface area contributed by atoms with Crippen molar-refractivity contribution >= 4 is 39.0 Å². The lowest BCUT2D eigenvalue weighted by Gasteiger charge is -2.37. The Bertz CT molecular complexity index is 1710. The number of fused-ring (bicyclic) bond motifs is 2. The molecule has 0 bridgehead atoms. The van der Waals surface area contributed by atoms with E-state index in [1.165, 1.54) is 6.07 Å². The van der Waals surface area contributed by atoms with Crippen LogP contribution in [0.15, 0.2) is 67.0 Å². The molecule has 7 nitrogen and oxygen atoms in total. The zero-order valence-electron chi connectivity index (χ0n) is 18.5. The molecule has 1 fully saturated rings. The van der Waals surface area contributed by atoms with Gasteiger partial charge in [-0.3, -0.25) is 10.1 Å². The van der Waals surface area contributed by atoms with E-state index in [-0.39, 0.29) is 11.2 Å². The monoisotopic (exact) mass is 481 g/mol. The van der Waals surface area contributed by atoms with Crippen molar-refractivity contribution in [3.8, 4) is 33.1 Å². The molecule has 0 unspecified atom stereocenters. The number of nitrogens with two attached hydrogens (primary N) is 1. The molecule has 0 amide bonds. The predicted molar refractivity (Wildman–Crippen MR) is 138 cm³/mol. The Kier molecular flexibility index (Phi) is 4.48. The molecule has 1 saturated heterocycles. The molecule has 1 aliphatic heterocycles. The highest BCUT2D eigenvalue weighted by Gasteiger charge is 2.24. The Morgan fingerprint density at radius 1 is 1.00 bits per heavy atom. The summed E-state index contributed by atoms with van der Waals surface area (Å²) in [6, 6.07) is 17.7. The van der Waals surface area contributed by atoms with Crippen molar-refractivity contribution in [1.82, 2.24) is 25.1 Å². The number of H-pyrrole nitrogens is 2. The molecule has 0 atom stereocenters. The number of nitrogens with one attached hydrogen (secondary N) is 2. The highest BCUT2D eigenvalue weighted by atomic mass is 32.1. The average Bonchev–Trinajstić information content (AvgIpc) is 3.59. The molecule has 0 saturated carbocycles. The first-order valence-corrected chi connectivity index (χ1v) is 12.1. The molecule has 0 spiro atoms. The number of aromatic nitrogens is 5. The number of benzene rings is 2. The first kappa shape index (κ1) is 20.3. The van der Waals surface area contributed by atoms with Crippen LogP contribution in [-0.2, 0) is 0 Å². The molecule has 5 heterocycles. The average molecular weight is 482 g/mol. The zero-order chi connectivity index (χ0) is 23.5. The van der Waals surface area contributed by atoms with Gasteiger partial charge >= 0.3 is 0 Å². The first-order valence-electron chi connectivity index (χ1n) is 11.3. The number of halogens is 1. The van der Waals surface area contributed by atoms with E-state index < -0.39 is 0 Å². The summed E-state index contributed by atoms with van der Waals surface area (Å²) in [7, 11) is 0. The van der Waals surface area contributed by atoms with Gasteiger partial charge in [0.05, 0.1) is 29.3 Å². The van der Waals surface area contributed by atoms with Gasteiger partial charge in [-0.2, -0.15) is 9.49 Å². The van der Waals surface area contributed by atoms with E-state index >= 15 is 0 Å². The van der Waals surface area contributed by atoms with Crippen molar-refractivity contribution in [3.63, 3.8) is 0 Å². The third-order valence-corrected chi connectivity index (χ3v) is 7.38. The number of hydrogen-bond donors (Lipinski definition) is 3. The number of rotatable bonds is 4. The van der Waals surface area contributed by atoms with Crippen molar-refractivity contribution in [2.24, 2.45) is 5.73 Å². The van der Waals surface area contributed by atoms with Gasteiger partial charge in [0, 0.05) is 51.4 Å². The van der Waals surface area contributed by atoms with Crippen LogP contribution in [0.1, 0.15) is 0 Å². The van der Waals surface area contributed by atoms with Crippen LogP contribution in [0, 0.1) is 5.13 Å². The van der Waals surface area contributed by atoms with Gasteiger partial charge in [0.2, 0.25) is 0 Å². The van der Waals surface area contributed by atoms with Crippen molar-refractivity contribution in [2.45, 2.75) is 6.04 Å². The van der Waals surface area contributed by atoms with E-state index in [4.69, 9.17) is 10.7 Å². The maximum Gasteiger partial charge on any atom is 0.176 e. The Morgan fingerprint density at radius 2 is 1.91 bits per heavy atom. The number of aromatic amines is 2. The van der Waals surface area contributed by atoms with Gasteiger partial charge in [0.1, 0.15) is 11.5 Å². The highest BCUT2D eigenvalue weighted by Crippen LogP contribution is 2.37. The van der Waals surface area contributed by atoms with Gasteiger partial charge in [-0.15, -0.1) is 11.3 Å². The molecule has 7 rings (SSSR count). The van der Waals surface area contributed by atoms with E-state index in [1.54, 1.807) is 12.4 Å². The van der Waals surface area contributed by atoms with E-state index in [9.17, 15) is 4.39 Å². The number of nitrogens with zero attached hydrogens (tertiary/aromatic N) is 4.